The molecule has 3 heterocycles. The lowest BCUT2D eigenvalue weighted by Crippen LogP contribution is -2.28. The molecule has 2 N–H and O–H groups in total. The molecule has 2 amide bonds. The molecule has 3 rings (SSSR count). The summed E-state index contributed by atoms with van der Waals surface area (Å²) in [7, 11) is 0. The number of nitrogens with one attached hydrogen (secondary N) is 2. The Morgan fingerprint density at radius 2 is 2.17 bits per heavy atom. The van der Waals surface area contributed by atoms with Gasteiger partial charge in [-0.15, -0.1) is 10.2 Å². The molecule has 0 saturated carbocycles. The molecule has 0 aliphatic carbocycles. The van der Waals surface area contributed by atoms with E-state index < -0.39 is 17.2 Å². The van der Waals surface area contributed by atoms with E-state index in [4.69, 9.17) is 0 Å². The molecule has 0 spiro atoms. The Labute approximate surface area is 132 Å². The van der Waals surface area contributed by atoms with Crippen molar-refractivity contribution in [3.05, 3.63) is 22.7 Å². The number of hydrogen-bond donors (Lipinski definition) is 2. The standard InChI is InChI=1S/C12H13F3N6OS/c13-12(14,15)9-19-20-11(23-9)18-10(22)16-5-7-6-21-4-2-1-3-8(21)17-7/h6H,1-5H2,(H2,16,18,20,22). The van der Waals surface area contributed by atoms with E-state index >= 15 is 0 Å². The predicted octanol–water partition coefficient (Wildman–Crippen LogP) is 2.41. The minimum atomic E-state index is -4.57. The van der Waals surface area contributed by atoms with E-state index in [2.05, 4.69) is 30.4 Å². The van der Waals surface area contributed by atoms with Crippen LogP contribution in [0.3, 0.4) is 0 Å². The number of halogens is 3. The van der Waals surface area contributed by atoms with E-state index in [0.29, 0.717) is 5.69 Å². The first-order valence-corrected chi connectivity index (χ1v) is 7.74. The van der Waals surface area contributed by atoms with Gasteiger partial charge >= 0.3 is 12.2 Å². The van der Waals surface area contributed by atoms with Crippen LogP contribution in [0.4, 0.5) is 23.1 Å². The van der Waals surface area contributed by atoms with Crippen LogP contribution in [0.15, 0.2) is 6.20 Å². The van der Waals surface area contributed by atoms with E-state index in [1.807, 2.05) is 6.20 Å². The lowest BCUT2D eigenvalue weighted by atomic mass is 10.2. The monoisotopic (exact) mass is 346 g/mol. The molecule has 0 unspecified atom stereocenters. The van der Waals surface area contributed by atoms with Crippen molar-refractivity contribution in [3.63, 3.8) is 0 Å². The summed E-state index contributed by atoms with van der Waals surface area (Å²) in [6.45, 7) is 1.11. The highest BCUT2D eigenvalue weighted by Gasteiger charge is 2.35. The Balaban J connectivity index is 1.53. The number of anilines is 1. The largest absolute Gasteiger partial charge is 0.445 e. The van der Waals surface area contributed by atoms with Crippen molar-refractivity contribution < 1.29 is 18.0 Å². The van der Waals surface area contributed by atoms with Gasteiger partial charge in [-0.1, -0.05) is 11.3 Å². The third kappa shape index (κ3) is 3.78. The van der Waals surface area contributed by atoms with Crippen molar-refractivity contribution in [1.29, 1.82) is 0 Å². The zero-order chi connectivity index (χ0) is 16.4. The van der Waals surface area contributed by atoms with Gasteiger partial charge in [0, 0.05) is 19.2 Å². The molecule has 0 fully saturated rings. The summed E-state index contributed by atoms with van der Waals surface area (Å²) in [5.74, 6) is 0.993. The number of urea groups is 1. The number of amides is 2. The van der Waals surface area contributed by atoms with Gasteiger partial charge in [0.25, 0.3) is 0 Å². The van der Waals surface area contributed by atoms with Crippen LogP contribution in [0, 0.1) is 0 Å². The first-order valence-electron chi connectivity index (χ1n) is 6.92. The summed E-state index contributed by atoms with van der Waals surface area (Å²) >= 11 is 0.273. The smallest absolute Gasteiger partial charge is 0.335 e. The first kappa shape index (κ1) is 15.7. The van der Waals surface area contributed by atoms with Gasteiger partial charge < -0.3 is 9.88 Å². The number of fused-ring (bicyclic) bond motifs is 1. The van der Waals surface area contributed by atoms with Crippen molar-refractivity contribution >= 4 is 22.5 Å². The van der Waals surface area contributed by atoms with Crippen molar-refractivity contribution in [2.75, 3.05) is 5.32 Å². The summed E-state index contributed by atoms with van der Waals surface area (Å²) in [5, 5.41) is 9.73. The molecule has 2 aromatic rings. The number of alkyl halides is 3. The molecule has 0 radical (unpaired) electrons. The van der Waals surface area contributed by atoms with Gasteiger partial charge in [0.05, 0.1) is 12.2 Å². The molecular formula is C12H13F3N6OS. The number of hydrogen-bond acceptors (Lipinski definition) is 5. The molecular weight excluding hydrogens is 333 g/mol. The van der Waals surface area contributed by atoms with Crippen LogP contribution in [0.1, 0.15) is 29.4 Å². The van der Waals surface area contributed by atoms with Crippen LogP contribution in [0.25, 0.3) is 0 Å². The van der Waals surface area contributed by atoms with E-state index in [1.54, 1.807) is 0 Å². The third-order valence-corrected chi connectivity index (χ3v) is 4.16. The lowest BCUT2D eigenvalue weighted by Gasteiger charge is -2.11. The van der Waals surface area contributed by atoms with Crippen LogP contribution < -0.4 is 10.6 Å². The zero-order valence-electron chi connectivity index (χ0n) is 11.9. The minimum absolute atomic E-state index is 0.191. The Kier molecular flexibility index (Phi) is 4.20. The quantitative estimate of drug-likeness (QED) is 0.894. The molecule has 0 aromatic carbocycles. The molecule has 11 heteroatoms. The molecule has 2 aromatic heterocycles. The van der Waals surface area contributed by atoms with Crippen molar-refractivity contribution in [2.45, 2.75) is 38.5 Å². The highest BCUT2D eigenvalue weighted by molar-refractivity contribution is 7.15. The van der Waals surface area contributed by atoms with E-state index in [0.717, 1.165) is 31.6 Å². The van der Waals surface area contributed by atoms with Crippen LogP contribution >= 0.6 is 11.3 Å². The fourth-order valence-electron chi connectivity index (χ4n) is 2.26. The van der Waals surface area contributed by atoms with Gasteiger partial charge in [-0.25, -0.2) is 9.78 Å². The zero-order valence-corrected chi connectivity index (χ0v) is 12.7. The second-order valence-electron chi connectivity index (χ2n) is 5.02. The van der Waals surface area contributed by atoms with Gasteiger partial charge in [-0.05, 0) is 12.8 Å². The second-order valence-corrected chi connectivity index (χ2v) is 5.99. The van der Waals surface area contributed by atoms with Gasteiger partial charge in [-0.2, -0.15) is 13.2 Å². The molecule has 0 atom stereocenters. The van der Waals surface area contributed by atoms with Gasteiger partial charge in [-0.3, -0.25) is 5.32 Å². The van der Waals surface area contributed by atoms with E-state index in [-0.39, 0.29) is 23.0 Å². The molecule has 1 aliphatic heterocycles. The Morgan fingerprint density at radius 1 is 1.35 bits per heavy atom. The second kappa shape index (κ2) is 6.14. The molecule has 0 saturated heterocycles. The predicted molar refractivity (Wildman–Crippen MR) is 75.9 cm³/mol. The Hall–Kier alpha value is -2.17. The number of rotatable bonds is 3. The first-order chi connectivity index (χ1) is 10.9. The topological polar surface area (TPSA) is 84.7 Å². The molecule has 124 valence electrons. The van der Waals surface area contributed by atoms with Crippen LogP contribution in [-0.4, -0.2) is 25.8 Å². The average Bonchev–Trinajstić information content (AvgIpc) is 3.10. The number of aromatic nitrogens is 4. The fraction of sp³-hybridized carbons (Fsp3) is 0.500. The minimum Gasteiger partial charge on any atom is -0.335 e. The lowest BCUT2D eigenvalue weighted by molar-refractivity contribution is -0.138. The third-order valence-electron chi connectivity index (χ3n) is 3.28. The van der Waals surface area contributed by atoms with E-state index in [1.165, 1.54) is 0 Å². The van der Waals surface area contributed by atoms with Crippen molar-refractivity contribution in [3.8, 4) is 0 Å². The van der Waals surface area contributed by atoms with Crippen LogP contribution in [0.2, 0.25) is 0 Å². The van der Waals surface area contributed by atoms with Gasteiger partial charge in [0.1, 0.15) is 5.82 Å². The highest BCUT2D eigenvalue weighted by Crippen LogP contribution is 2.32. The van der Waals surface area contributed by atoms with Crippen molar-refractivity contribution in [2.24, 2.45) is 0 Å². The maximum atomic E-state index is 12.4. The average molecular weight is 346 g/mol. The molecule has 1 aliphatic rings. The molecule has 7 nitrogen and oxygen atoms in total. The van der Waals surface area contributed by atoms with E-state index in [9.17, 15) is 18.0 Å². The number of carbonyl (C=O) groups is 1. The fourth-order valence-corrected chi connectivity index (χ4v) is 2.86. The highest BCUT2D eigenvalue weighted by atomic mass is 32.1. The van der Waals surface area contributed by atoms with Gasteiger partial charge in [0.2, 0.25) is 10.1 Å². The van der Waals surface area contributed by atoms with Crippen molar-refractivity contribution in [1.82, 2.24) is 25.1 Å². The number of aryl methyl sites for hydroxylation is 2. The molecule has 23 heavy (non-hydrogen) atoms. The summed E-state index contributed by atoms with van der Waals surface area (Å²) < 4.78 is 39.2. The van der Waals surface area contributed by atoms with Gasteiger partial charge in [0.15, 0.2) is 0 Å². The number of carbonyl (C=O) groups excluding carboxylic acids is 1. The van der Waals surface area contributed by atoms with Crippen LogP contribution in [-0.2, 0) is 25.7 Å². The summed E-state index contributed by atoms with van der Waals surface area (Å²) in [6.07, 6.45) is 0.431. The summed E-state index contributed by atoms with van der Waals surface area (Å²) in [4.78, 5) is 16.1. The maximum absolute atomic E-state index is 12.4. The normalized spacial score (nSPS) is 14.4. The maximum Gasteiger partial charge on any atom is 0.445 e. The SMILES string of the molecule is O=C(NCc1cn2c(n1)CCCC2)Nc1nnc(C(F)(F)F)s1. The Morgan fingerprint density at radius 3 is 2.87 bits per heavy atom. The number of nitrogens with zero attached hydrogens (tertiary/aromatic N) is 4. The summed E-state index contributed by atoms with van der Waals surface area (Å²) in [6, 6.07) is -0.652. The summed E-state index contributed by atoms with van der Waals surface area (Å²) in [5.41, 5.74) is 0.713. The van der Waals surface area contributed by atoms with Crippen LogP contribution in [0.5, 0.6) is 0 Å². The molecule has 0 bridgehead atoms. The Bertz CT molecular complexity index is 686. The number of imidazole rings is 1.